The zero-order valence-electron chi connectivity index (χ0n) is 14.6. The summed E-state index contributed by atoms with van der Waals surface area (Å²) in [6, 6.07) is 12.2. The highest BCUT2D eigenvalue weighted by molar-refractivity contribution is 5.55. The zero-order chi connectivity index (χ0) is 17.6. The van der Waals surface area contributed by atoms with E-state index in [1.165, 1.54) is 5.69 Å². The Morgan fingerprint density at radius 1 is 0.962 bits per heavy atom. The van der Waals surface area contributed by atoms with Gasteiger partial charge in [0.05, 0.1) is 7.11 Å². The van der Waals surface area contributed by atoms with E-state index in [1.807, 2.05) is 30.5 Å². The number of hydrogen-bond acceptors (Lipinski definition) is 6. The van der Waals surface area contributed by atoms with E-state index in [-0.39, 0.29) is 0 Å². The molecule has 1 aromatic carbocycles. The average Bonchev–Trinajstić information content (AvgIpc) is 3.15. The highest BCUT2D eigenvalue weighted by atomic mass is 16.5. The first-order valence-electron chi connectivity index (χ1n) is 8.71. The van der Waals surface area contributed by atoms with Crippen molar-refractivity contribution in [3.63, 3.8) is 0 Å². The molecule has 2 fully saturated rings. The smallest absolute Gasteiger partial charge is 0.158 e. The van der Waals surface area contributed by atoms with Crippen LogP contribution in [-0.2, 0) is 0 Å². The van der Waals surface area contributed by atoms with Gasteiger partial charge in [0.15, 0.2) is 5.82 Å². The highest BCUT2D eigenvalue weighted by Gasteiger charge is 2.52. The fourth-order valence-electron chi connectivity index (χ4n) is 3.90. The molecule has 0 bridgehead atoms. The van der Waals surface area contributed by atoms with Gasteiger partial charge in [0.2, 0.25) is 0 Å². The lowest BCUT2D eigenvalue weighted by atomic mass is 9.72. The molecule has 0 saturated carbocycles. The molecule has 1 spiro atoms. The largest absolute Gasteiger partial charge is 0.497 e. The molecule has 0 N–H and O–H groups in total. The van der Waals surface area contributed by atoms with Gasteiger partial charge < -0.3 is 14.5 Å². The van der Waals surface area contributed by atoms with E-state index in [2.05, 4.69) is 37.0 Å². The van der Waals surface area contributed by atoms with E-state index >= 15 is 0 Å². The van der Waals surface area contributed by atoms with Crippen LogP contribution < -0.4 is 14.5 Å². The predicted octanol–water partition coefficient (Wildman–Crippen LogP) is 2.00. The van der Waals surface area contributed by atoms with Gasteiger partial charge in [0.1, 0.15) is 17.9 Å². The molecule has 5 rings (SSSR count). The number of anilines is 2. The second-order valence-corrected chi connectivity index (χ2v) is 7.10. The third-order valence-electron chi connectivity index (χ3n) is 5.24. The minimum Gasteiger partial charge on any atom is -0.497 e. The highest BCUT2D eigenvalue weighted by Crippen LogP contribution is 2.43. The van der Waals surface area contributed by atoms with Crippen molar-refractivity contribution in [2.45, 2.75) is 0 Å². The lowest BCUT2D eigenvalue weighted by molar-refractivity contribution is 0.155. The Hall–Kier alpha value is -3.09. The Balaban J connectivity index is 1.22. The minimum atomic E-state index is 0.386. The Morgan fingerprint density at radius 2 is 1.69 bits per heavy atom. The third-order valence-corrected chi connectivity index (χ3v) is 5.24. The summed E-state index contributed by atoms with van der Waals surface area (Å²) < 4.78 is 6.99. The van der Waals surface area contributed by atoms with Crippen LogP contribution in [0.5, 0.6) is 5.75 Å². The molecule has 0 atom stereocenters. The number of nitrogens with zero attached hydrogens (tertiary/aromatic N) is 6. The average molecular weight is 348 g/mol. The van der Waals surface area contributed by atoms with Crippen LogP contribution in [0.25, 0.3) is 5.82 Å². The third kappa shape index (κ3) is 2.47. The van der Waals surface area contributed by atoms with Crippen LogP contribution in [0.1, 0.15) is 0 Å². The zero-order valence-corrected chi connectivity index (χ0v) is 14.6. The Bertz CT molecular complexity index is 894. The molecule has 2 aliphatic rings. The summed E-state index contributed by atoms with van der Waals surface area (Å²) in [5.74, 6) is 2.67. The van der Waals surface area contributed by atoms with Crippen molar-refractivity contribution in [2.75, 3.05) is 43.1 Å². The minimum absolute atomic E-state index is 0.386. The van der Waals surface area contributed by atoms with Crippen molar-refractivity contribution in [3.8, 4) is 11.6 Å². The SMILES string of the molecule is COc1ccc(N2CC3(C2)CN(c2cc(-n4cccn4)ncn2)C3)cc1. The Labute approximate surface area is 151 Å². The first-order chi connectivity index (χ1) is 12.7. The lowest BCUT2D eigenvalue weighted by Gasteiger charge is -2.61. The second-order valence-electron chi connectivity index (χ2n) is 7.10. The fourth-order valence-corrected chi connectivity index (χ4v) is 3.90. The molecule has 2 aromatic heterocycles. The molecule has 0 aliphatic carbocycles. The molecule has 7 heteroatoms. The standard InChI is InChI=1S/C19H20N6O/c1-26-16-5-3-15(4-6-16)23-10-19(11-23)12-24(13-19)17-9-18(21-14-20-17)25-8-2-7-22-25/h2-9,14H,10-13H2,1H3. The van der Waals surface area contributed by atoms with E-state index < -0.39 is 0 Å². The first-order valence-corrected chi connectivity index (χ1v) is 8.71. The van der Waals surface area contributed by atoms with Crippen LogP contribution >= 0.6 is 0 Å². The van der Waals surface area contributed by atoms with Crippen molar-refractivity contribution < 1.29 is 4.74 Å². The molecule has 7 nitrogen and oxygen atoms in total. The van der Waals surface area contributed by atoms with Crippen LogP contribution in [-0.4, -0.2) is 53.0 Å². The van der Waals surface area contributed by atoms with Gasteiger partial charge in [-0.15, -0.1) is 0 Å². The van der Waals surface area contributed by atoms with E-state index in [0.717, 1.165) is 43.6 Å². The second kappa shape index (κ2) is 5.72. The molecule has 0 amide bonds. The van der Waals surface area contributed by atoms with E-state index in [1.54, 1.807) is 24.3 Å². The van der Waals surface area contributed by atoms with Crippen molar-refractivity contribution >= 4 is 11.5 Å². The number of rotatable bonds is 4. The monoisotopic (exact) mass is 348 g/mol. The molecule has 0 unspecified atom stereocenters. The summed E-state index contributed by atoms with van der Waals surface area (Å²) in [6.45, 7) is 4.25. The first kappa shape index (κ1) is 15.2. The van der Waals surface area contributed by atoms with Crippen LogP contribution in [0.4, 0.5) is 11.5 Å². The molecule has 132 valence electrons. The maximum atomic E-state index is 5.23. The number of ether oxygens (including phenoxy) is 1. The van der Waals surface area contributed by atoms with Gasteiger partial charge in [0, 0.05) is 55.7 Å². The molecule has 2 saturated heterocycles. The molecular formula is C19H20N6O. The molecule has 3 aromatic rings. The van der Waals surface area contributed by atoms with E-state index in [9.17, 15) is 0 Å². The summed E-state index contributed by atoms with van der Waals surface area (Å²) >= 11 is 0. The fraction of sp³-hybridized carbons (Fsp3) is 0.316. The van der Waals surface area contributed by atoms with Crippen LogP contribution in [0.15, 0.2) is 55.1 Å². The number of hydrogen-bond donors (Lipinski definition) is 0. The summed E-state index contributed by atoms with van der Waals surface area (Å²) in [5, 5.41) is 4.23. The van der Waals surface area contributed by atoms with Crippen molar-refractivity contribution in [1.82, 2.24) is 19.7 Å². The number of aromatic nitrogens is 4. The van der Waals surface area contributed by atoms with Gasteiger partial charge >= 0.3 is 0 Å². The van der Waals surface area contributed by atoms with Crippen LogP contribution in [0.2, 0.25) is 0 Å². The summed E-state index contributed by atoms with van der Waals surface area (Å²) in [4.78, 5) is 13.5. The lowest BCUT2D eigenvalue weighted by Crippen LogP contribution is -2.72. The van der Waals surface area contributed by atoms with Gasteiger partial charge in [-0.1, -0.05) is 0 Å². The van der Waals surface area contributed by atoms with Gasteiger partial charge in [-0.25, -0.2) is 14.6 Å². The van der Waals surface area contributed by atoms with Gasteiger partial charge in [-0.05, 0) is 30.3 Å². The van der Waals surface area contributed by atoms with Crippen LogP contribution in [0, 0.1) is 5.41 Å². The summed E-state index contributed by atoms with van der Waals surface area (Å²) in [6.07, 6.45) is 5.26. The molecule has 4 heterocycles. The van der Waals surface area contributed by atoms with Gasteiger partial charge in [-0.3, -0.25) is 0 Å². The maximum absolute atomic E-state index is 5.23. The van der Waals surface area contributed by atoms with Gasteiger partial charge in [0.25, 0.3) is 0 Å². The van der Waals surface area contributed by atoms with Crippen molar-refractivity contribution in [3.05, 3.63) is 55.1 Å². The molecular weight excluding hydrogens is 328 g/mol. The topological polar surface area (TPSA) is 59.3 Å². The Morgan fingerprint density at radius 3 is 2.38 bits per heavy atom. The molecule has 26 heavy (non-hydrogen) atoms. The molecule has 2 aliphatic heterocycles. The maximum Gasteiger partial charge on any atom is 0.158 e. The van der Waals surface area contributed by atoms with Crippen molar-refractivity contribution in [2.24, 2.45) is 5.41 Å². The molecule has 0 radical (unpaired) electrons. The normalized spacial score (nSPS) is 17.7. The van der Waals surface area contributed by atoms with Crippen LogP contribution in [0.3, 0.4) is 0 Å². The predicted molar refractivity (Wildman–Crippen MR) is 99.0 cm³/mol. The summed E-state index contributed by atoms with van der Waals surface area (Å²) in [5.41, 5.74) is 1.65. The van der Waals surface area contributed by atoms with E-state index in [4.69, 9.17) is 4.74 Å². The quantitative estimate of drug-likeness (QED) is 0.719. The van der Waals surface area contributed by atoms with E-state index in [0.29, 0.717) is 5.41 Å². The Kier molecular flexibility index (Phi) is 3.34. The van der Waals surface area contributed by atoms with Crippen molar-refractivity contribution in [1.29, 1.82) is 0 Å². The number of benzene rings is 1. The summed E-state index contributed by atoms with van der Waals surface area (Å²) in [7, 11) is 1.70. The van der Waals surface area contributed by atoms with Gasteiger partial charge in [-0.2, -0.15) is 5.10 Å². The number of methoxy groups -OCH3 is 1.